The van der Waals surface area contributed by atoms with Gasteiger partial charge in [0.2, 0.25) is 0 Å². The Morgan fingerprint density at radius 3 is 2.62 bits per heavy atom. The topological polar surface area (TPSA) is 37.8 Å². The SMILES string of the molecule is CC(C)CNCc1ccc2nccnc2c1. The maximum atomic E-state index is 4.29. The fraction of sp³-hybridized carbons (Fsp3) is 0.385. The van der Waals surface area contributed by atoms with Crippen LogP contribution in [-0.4, -0.2) is 16.5 Å². The molecule has 0 unspecified atom stereocenters. The molecular weight excluding hydrogens is 198 g/mol. The van der Waals surface area contributed by atoms with Gasteiger partial charge >= 0.3 is 0 Å². The molecule has 3 nitrogen and oxygen atoms in total. The summed E-state index contributed by atoms with van der Waals surface area (Å²) in [6, 6.07) is 6.22. The summed E-state index contributed by atoms with van der Waals surface area (Å²) in [7, 11) is 0. The van der Waals surface area contributed by atoms with Crippen molar-refractivity contribution in [3.63, 3.8) is 0 Å². The van der Waals surface area contributed by atoms with Gasteiger partial charge in [0.05, 0.1) is 11.0 Å². The predicted octanol–water partition coefficient (Wildman–Crippen LogP) is 2.38. The van der Waals surface area contributed by atoms with Crippen molar-refractivity contribution < 1.29 is 0 Å². The largest absolute Gasteiger partial charge is 0.312 e. The molecule has 1 N–H and O–H groups in total. The second-order valence-corrected chi connectivity index (χ2v) is 4.40. The van der Waals surface area contributed by atoms with Crippen LogP contribution in [0.25, 0.3) is 11.0 Å². The van der Waals surface area contributed by atoms with E-state index in [-0.39, 0.29) is 0 Å². The molecule has 0 radical (unpaired) electrons. The highest BCUT2D eigenvalue weighted by Crippen LogP contribution is 2.10. The number of benzene rings is 1. The van der Waals surface area contributed by atoms with E-state index in [9.17, 15) is 0 Å². The highest BCUT2D eigenvalue weighted by molar-refractivity contribution is 5.74. The molecule has 0 aliphatic carbocycles. The predicted molar refractivity (Wildman–Crippen MR) is 66.1 cm³/mol. The minimum absolute atomic E-state index is 0.681. The van der Waals surface area contributed by atoms with Gasteiger partial charge in [0.15, 0.2) is 0 Å². The van der Waals surface area contributed by atoms with Gasteiger partial charge < -0.3 is 5.32 Å². The van der Waals surface area contributed by atoms with E-state index in [0.717, 1.165) is 24.1 Å². The van der Waals surface area contributed by atoms with Gasteiger partial charge in [-0.05, 0) is 30.2 Å². The van der Waals surface area contributed by atoms with Crippen LogP contribution in [0.2, 0.25) is 0 Å². The van der Waals surface area contributed by atoms with E-state index in [4.69, 9.17) is 0 Å². The van der Waals surface area contributed by atoms with Gasteiger partial charge in [-0.25, -0.2) is 0 Å². The van der Waals surface area contributed by atoms with Gasteiger partial charge in [0.1, 0.15) is 0 Å². The van der Waals surface area contributed by atoms with Crippen LogP contribution in [0, 0.1) is 5.92 Å². The van der Waals surface area contributed by atoms with Crippen LogP contribution in [0.15, 0.2) is 30.6 Å². The van der Waals surface area contributed by atoms with Gasteiger partial charge in [-0.3, -0.25) is 9.97 Å². The van der Waals surface area contributed by atoms with Crippen LogP contribution in [0.1, 0.15) is 19.4 Å². The van der Waals surface area contributed by atoms with Crippen molar-refractivity contribution in [1.29, 1.82) is 0 Å². The van der Waals surface area contributed by atoms with E-state index < -0.39 is 0 Å². The first kappa shape index (κ1) is 11.0. The van der Waals surface area contributed by atoms with Crippen molar-refractivity contribution in [3.05, 3.63) is 36.2 Å². The maximum Gasteiger partial charge on any atom is 0.0890 e. The molecule has 1 heterocycles. The number of nitrogens with one attached hydrogen (secondary N) is 1. The van der Waals surface area contributed by atoms with Crippen molar-refractivity contribution >= 4 is 11.0 Å². The smallest absolute Gasteiger partial charge is 0.0890 e. The van der Waals surface area contributed by atoms with Crippen LogP contribution < -0.4 is 5.32 Å². The van der Waals surface area contributed by atoms with E-state index in [1.807, 2.05) is 6.07 Å². The van der Waals surface area contributed by atoms with Gasteiger partial charge in [-0.1, -0.05) is 19.9 Å². The van der Waals surface area contributed by atoms with Crippen molar-refractivity contribution in [2.45, 2.75) is 20.4 Å². The number of hydrogen-bond donors (Lipinski definition) is 1. The van der Waals surface area contributed by atoms with Gasteiger partial charge in [0.25, 0.3) is 0 Å². The molecule has 0 aliphatic rings. The number of fused-ring (bicyclic) bond motifs is 1. The molecule has 3 heteroatoms. The van der Waals surface area contributed by atoms with Crippen LogP contribution in [0.5, 0.6) is 0 Å². The van der Waals surface area contributed by atoms with E-state index in [2.05, 4.69) is 41.3 Å². The Labute approximate surface area is 95.9 Å². The van der Waals surface area contributed by atoms with Gasteiger partial charge in [-0.15, -0.1) is 0 Å². The zero-order chi connectivity index (χ0) is 11.4. The molecule has 0 saturated heterocycles. The Morgan fingerprint density at radius 2 is 1.88 bits per heavy atom. The van der Waals surface area contributed by atoms with Crippen molar-refractivity contribution in [1.82, 2.24) is 15.3 Å². The summed E-state index contributed by atoms with van der Waals surface area (Å²) in [4.78, 5) is 8.54. The minimum atomic E-state index is 0.681. The minimum Gasteiger partial charge on any atom is -0.312 e. The van der Waals surface area contributed by atoms with Crippen LogP contribution in [-0.2, 0) is 6.54 Å². The molecule has 1 aromatic carbocycles. The molecule has 0 amide bonds. The standard InChI is InChI=1S/C13H17N3/c1-10(2)8-14-9-11-3-4-12-13(7-11)16-6-5-15-12/h3-7,10,14H,8-9H2,1-2H3. The number of hydrogen-bond acceptors (Lipinski definition) is 3. The average Bonchev–Trinajstić information content (AvgIpc) is 2.28. The zero-order valence-electron chi connectivity index (χ0n) is 9.77. The molecule has 84 valence electrons. The monoisotopic (exact) mass is 215 g/mol. The third kappa shape index (κ3) is 2.76. The average molecular weight is 215 g/mol. The Hall–Kier alpha value is -1.48. The second-order valence-electron chi connectivity index (χ2n) is 4.40. The van der Waals surface area contributed by atoms with E-state index >= 15 is 0 Å². The maximum absolute atomic E-state index is 4.29. The Balaban J connectivity index is 2.08. The summed E-state index contributed by atoms with van der Waals surface area (Å²) >= 11 is 0. The molecule has 0 spiro atoms. The third-order valence-electron chi connectivity index (χ3n) is 2.42. The summed E-state index contributed by atoms with van der Waals surface area (Å²) in [6.45, 7) is 6.35. The molecule has 0 bridgehead atoms. The normalized spacial score (nSPS) is 11.2. The highest BCUT2D eigenvalue weighted by atomic mass is 14.9. The number of nitrogens with zero attached hydrogens (tertiary/aromatic N) is 2. The molecule has 0 atom stereocenters. The van der Waals surface area contributed by atoms with Crippen LogP contribution in [0.4, 0.5) is 0 Å². The Morgan fingerprint density at radius 1 is 1.12 bits per heavy atom. The van der Waals surface area contributed by atoms with Crippen molar-refractivity contribution in [2.24, 2.45) is 5.92 Å². The lowest BCUT2D eigenvalue weighted by molar-refractivity contribution is 0.552. The molecule has 0 aliphatic heterocycles. The quantitative estimate of drug-likeness (QED) is 0.851. The fourth-order valence-electron chi connectivity index (χ4n) is 1.62. The van der Waals surface area contributed by atoms with Crippen LogP contribution in [0.3, 0.4) is 0 Å². The fourth-order valence-corrected chi connectivity index (χ4v) is 1.62. The summed E-state index contributed by atoms with van der Waals surface area (Å²) < 4.78 is 0. The first-order valence-electron chi connectivity index (χ1n) is 5.66. The molecule has 2 aromatic rings. The summed E-state index contributed by atoms with van der Waals surface area (Å²) in [5.74, 6) is 0.681. The summed E-state index contributed by atoms with van der Waals surface area (Å²) in [5.41, 5.74) is 3.18. The molecular formula is C13H17N3. The summed E-state index contributed by atoms with van der Waals surface area (Å²) in [6.07, 6.45) is 3.45. The second kappa shape index (κ2) is 5.03. The van der Waals surface area contributed by atoms with Crippen molar-refractivity contribution in [3.8, 4) is 0 Å². The molecule has 0 fully saturated rings. The lowest BCUT2D eigenvalue weighted by atomic mass is 10.1. The number of aromatic nitrogens is 2. The molecule has 16 heavy (non-hydrogen) atoms. The lowest BCUT2D eigenvalue weighted by Crippen LogP contribution is -2.18. The molecule has 2 rings (SSSR count). The molecule has 1 aromatic heterocycles. The van der Waals surface area contributed by atoms with E-state index in [0.29, 0.717) is 5.92 Å². The Kier molecular flexibility index (Phi) is 3.47. The molecule has 0 saturated carbocycles. The first-order chi connectivity index (χ1) is 7.75. The van der Waals surface area contributed by atoms with E-state index in [1.54, 1.807) is 12.4 Å². The first-order valence-corrected chi connectivity index (χ1v) is 5.66. The zero-order valence-corrected chi connectivity index (χ0v) is 9.77. The van der Waals surface area contributed by atoms with Gasteiger partial charge in [0, 0.05) is 18.9 Å². The highest BCUT2D eigenvalue weighted by Gasteiger charge is 1.98. The van der Waals surface area contributed by atoms with Crippen molar-refractivity contribution in [2.75, 3.05) is 6.54 Å². The third-order valence-corrected chi connectivity index (χ3v) is 2.42. The van der Waals surface area contributed by atoms with E-state index in [1.165, 1.54) is 5.56 Å². The lowest BCUT2D eigenvalue weighted by Gasteiger charge is -2.07. The van der Waals surface area contributed by atoms with Crippen LogP contribution >= 0.6 is 0 Å². The number of rotatable bonds is 4. The Bertz CT molecular complexity index is 465. The summed E-state index contributed by atoms with van der Waals surface area (Å²) in [5, 5.41) is 3.42. The van der Waals surface area contributed by atoms with Gasteiger partial charge in [-0.2, -0.15) is 0 Å².